The lowest BCUT2D eigenvalue weighted by molar-refractivity contribution is 0.0938. The highest BCUT2D eigenvalue weighted by Gasteiger charge is 2.16. The number of hydrogen-bond donors (Lipinski definition) is 1. The monoisotopic (exact) mass is 299 g/mol. The van der Waals surface area contributed by atoms with Crippen molar-refractivity contribution in [3.05, 3.63) is 69.6 Å². The van der Waals surface area contributed by atoms with E-state index < -0.39 is 5.91 Å². The van der Waals surface area contributed by atoms with Gasteiger partial charge in [-0.1, -0.05) is 30.3 Å². The van der Waals surface area contributed by atoms with E-state index in [2.05, 4.69) is 10.3 Å². The van der Waals surface area contributed by atoms with E-state index in [1.54, 1.807) is 11.6 Å². The third-order valence-corrected chi connectivity index (χ3v) is 4.01. The second-order valence-corrected chi connectivity index (χ2v) is 5.51. The van der Waals surface area contributed by atoms with E-state index in [0.29, 0.717) is 4.96 Å². The second kappa shape index (κ2) is 5.49. The zero-order valence-electron chi connectivity index (χ0n) is 11.3. The molecule has 0 radical (unpaired) electrons. The van der Waals surface area contributed by atoms with E-state index in [1.807, 2.05) is 37.3 Å². The summed E-state index contributed by atoms with van der Waals surface area (Å²) >= 11 is 1.35. The number of benzene rings is 1. The standard InChI is InChI=1S/C15H13N3O2S/c1-10(11-5-3-2-4-6-11)17-13(19)12-9-16-15-18(14(12)20)7-8-21-15/h2-10H,1H3,(H,17,19)/t10-/m1/s1. The molecular weight excluding hydrogens is 286 g/mol. The molecule has 0 aliphatic carbocycles. The second-order valence-electron chi connectivity index (χ2n) is 4.64. The summed E-state index contributed by atoms with van der Waals surface area (Å²) in [5, 5.41) is 4.58. The number of amides is 1. The van der Waals surface area contributed by atoms with Crippen LogP contribution in [0.25, 0.3) is 4.96 Å². The molecule has 0 spiro atoms. The maximum absolute atomic E-state index is 12.3. The van der Waals surface area contributed by atoms with Crippen LogP contribution >= 0.6 is 11.3 Å². The predicted octanol–water partition coefficient (Wildman–Crippen LogP) is 2.25. The first-order chi connectivity index (χ1) is 10.2. The van der Waals surface area contributed by atoms with Crippen molar-refractivity contribution in [1.82, 2.24) is 14.7 Å². The van der Waals surface area contributed by atoms with E-state index in [0.717, 1.165) is 5.56 Å². The third kappa shape index (κ3) is 2.57. The minimum Gasteiger partial charge on any atom is -0.345 e. The van der Waals surface area contributed by atoms with Crippen LogP contribution in [0.15, 0.2) is 52.9 Å². The smallest absolute Gasteiger partial charge is 0.271 e. The van der Waals surface area contributed by atoms with Crippen molar-refractivity contribution < 1.29 is 4.79 Å². The molecule has 5 nitrogen and oxygen atoms in total. The third-order valence-electron chi connectivity index (χ3n) is 3.23. The Morgan fingerprint density at radius 1 is 1.33 bits per heavy atom. The summed E-state index contributed by atoms with van der Waals surface area (Å²) in [6.07, 6.45) is 2.95. The largest absolute Gasteiger partial charge is 0.345 e. The molecule has 1 amide bonds. The highest BCUT2D eigenvalue weighted by Crippen LogP contribution is 2.12. The number of thiazole rings is 1. The van der Waals surface area contributed by atoms with Crippen molar-refractivity contribution in [2.24, 2.45) is 0 Å². The maximum atomic E-state index is 12.3. The van der Waals surface area contributed by atoms with Gasteiger partial charge in [-0.2, -0.15) is 0 Å². The summed E-state index contributed by atoms with van der Waals surface area (Å²) in [5.41, 5.74) is 0.684. The summed E-state index contributed by atoms with van der Waals surface area (Å²) in [6.45, 7) is 1.88. The fraction of sp³-hybridized carbons (Fsp3) is 0.133. The Kier molecular flexibility index (Phi) is 3.53. The number of carbonyl (C=O) groups excluding carboxylic acids is 1. The zero-order valence-corrected chi connectivity index (χ0v) is 12.1. The van der Waals surface area contributed by atoms with Crippen molar-refractivity contribution in [3.63, 3.8) is 0 Å². The first kappa shape index (κ1) is 13.5. The number of carbonyl (C=O) groups is 1. The van der Waals surface area contributed by atoms with Gasteiger partial charge in [0, 0.05) is 17.8 Å². The first-order valence-corrected chi connectivity index (χ1v) is 7.35. The lowest BCUT2D eigenvalue weighted by Gasteiger charge is -2.13. The van der Waals surface area contributed by atoms with Gasteiger partial charge in [0.1, 0.15) is 5.56 Å². The van der Waals surface area contributed by atoms with Crippen LogP contribution in [0, 0.1) is 0 Å². The minimum atomic E-state index is -0.413. The van der Waals surface area contributed by atoms with Crippen LogP contribution in [0.5, 0.6) is 0 Å². The van der Waals surface area contributed by atoms with Gasteiger partial charge in [-0.15, -0.1) is 11.3 Å². The molecule has 1 N–H and O–H groups in total. The summed E-state index contributed by atoms with van der Waals surface area (Å²) in [5.74, 6) is -0.413. The number of nitrogens with one attached hydrogen (secondary N) is 1. The average molecular weight is 299 g/mol. The molecule has 6 heteroatoms. The van der Waals surface area contributed by atoms with E-state index >= 15 is 0 Å². The molecule has 3 rings (SSSR count). The van der Waals surface area contributed by atoms with E-state index in [9.17, 15) is 9.59 Å². The molecule has 0 saturated heterocycles. The molecule has 0 aliphatic rings. The van der Waals surface area contributed by atoms with Crippen LogP contribution in [-0.4, -0.2) is 15.3 Å². The van der Waals surface area contributed by atoms with Crippen molar-refractivity contribution in [2.75, 3.05) is 0 Å². The van der Waals surface area contributed by atoms with Gasteiger partial charge in [-0.3, -0.25) is 14.0 Å². The van der Waals surface area contributed by atoms with E-state index in [4.69, 9.17) is 0 Å². The number of nitrogens with zero attached hydrogens (tertiary/aromatic N) is 2. The van der Waals surface area contributed by atoms with Crippen molar-refractivity contribution in [2.45, 2.75) is 13.0 Å². The molecule has 1 aromatic carbocycles. The molecule has 2 aromatic heterocycles. The Labute approximate surface area is 124 Å². The maximum Gasteiger partial charge on any atom is 0.271 e. The number of fused-ring (bicyclic) bond motifs is 1. The molecule has 106 valence electrons. The summed E-state index contributed by atoms with van der Waals surface area (Å²) < 4.78 is 1.38. The number of aromatic nitrogens is 2. The molecule has 3 aromatic rings. The Bertz CT molecular complexity index is 839. The Morgan fingerprint density at radius 3 is 2.86 bits per heavy atom. The van der Waals surface area contributed by atoms with Gasteiger partial charge >= 0.3 is 0 Å². The molecule has 21 heavy (non-hydrogen) atoms. The Balaban J connectivity index is 1.87. The average Bonchev–Trinajstić information content (AvgIpc) is 2.98. The molecule has 0 bridgehead atoms. The fourth-order valence-electron chi connectivity index (χ4n) is 2.08. The van der Waals surface area contributed by atoms with Crippen LogP contribution in [0.2, 0.25) is 0 Å². The highest BCUT2D eigenvalue weighted by atomic mass is 32.1. The van der Waals surface area contributed by atoms with Gasteiger partial charge in [0.25, 0.3) is 11.5 Å². The van der Waals surface area contributed by atoms with Crippen LogP contribution in [-0.2, 0) is 0 Å². The topological polar surface area (TPSA) is 63.5 Å². The predicted molar refractivity (Wildman–Crippen MR) is 81.7 cm³/mol. The molecule has 0 aliphatic heterocycles. The zero-order chi connectivity index (χ0) is 14.8. The van der Waals surface area contributed by atoms with Gasteiger partial charge in [-0.05, 0) is 12.5 Å². The summed E-state index contributed by atoms with van der Waals surface area (Å²) in [6, 6.07) is 9.41. The van der Waals surface area contributed by atoms with Crippen LogP contribution in [0.1, 0.15) is 28.9 Å². The lowest BCUT2D eigenvalue weighted by Crippen LogP contribution is -2.32. The molecule has 0 saturated carbocycles. The van der Waals surface area contributed by atoms with E-state index in [1.165, 1.54) is 21.9 Å². The molecule has 2 heterocycles. The molecule has 0 fully saturated rings. The molecular formula is C15H13N3O2S. The molecule has 0 unspecified atom stereocenters. The Morgan fingerprint density at radius 2 is 2.10 bits per heavy atom. The lowest BCUT2D eigenvalue weighted by atomic mass is 10.1. The van der Waals surface area contributed by atoms with Crippen LogP contribution in [0.3, 0.4) is 0 Å². The highest BCUT2D eigenvalue weighted by molar-refractivity contribution is 7.15. The SMILES string of the molecule is C[C@@H](NC(=O)c1cnc2sccn2c1=O)c1ccccc1. The first-order valence-electron chi connectivity index (χ1n) is 6.47. The van der Waals surface area contributed by atoms with Gasteiger partial charge in [0.15, 0.2) is 4.96 Å². The van der Waals surface area contributed by atoms with Crippen LogP contribution < -0.4 is 10.9 Å². The quantitative estimate of drug-likeness (QED) is 0.807. The van der Waals surface area contributed by atoms with Crippen molar-refractivity contribution in [1.29, 1.82) is 0 Å². The summed E-state index contributed by atoms with van der Waals surface area (Å²) in [4.78, 5) is 29.2. The number of hydrogen-bond acceptors (Lipinski definition) is 4. The number of rotatable bonds is 3. The van der Waals surface area contributed by atoms with E-state index in [-0.39, 0.29) is 17.2 Å². The fourth-order valence-corrected chi connectivity index (χ4v) is 2.76. The Hall–Kier alpha value is -2.47. The van der Waals surface area contributed by atoms with Crippen molar-refractivity contribution in [3.8, 4) is 0 Å². The normalized spacial score (nSPS) is 12.2. The summed E-state index contributed by atoms with van der Waals surface area (Å²) in [7, 11) is 0. The molecule has 1 atom stereocenters. The minimum absolute atomic E-state index is 0.0497. The van der Waals surface area contributed by atoms with Gasteiger partial charge in [0.2, 0.25) is 0 Å². The van der Waals surface area contributed by atoms with Crippen molar-refractivity contribution >= 4 is 22.2 Å². The van der Waals surface area contributed by atoms with Gasteiger partial charge < -0.3 is 5.32 Å². The van der Waals surface area contributed by atoms with Crippen LogP contribution in [0.4, 0.5) is 0 Å². The van der Waals surface area contributed by atoms with Gasteiger partial charge in [0.05, 0.1) is 6.04 Å². The van der Waals surface area contributed by atoms with Gasteiger partial charge in [-0.25, -0.2) is 4.98 Å².